The fraction of sp³-hybridized carbons (Fsp3) is 0.300. The predicted octanol–water partition coefficient (Wildman–Crippen LogP) is 6.33. The van der Waals surface area contributed by atoms with E-state index in [1.165, 1.54) is 0 Å². The Balaban J connectivity index is 1.14. The minimum atomic E-state index is 0.623. The molecule has 3 heterocycles. The molecule has 206 valence electrons. The van der Waals surface area contributed by atoms with Crippen LogP contribution >= 0.6 is 22.9 Å². The Bertz CT molecular complexity index is 1620. The summed E-state index contributed by atoms with van der Waals surface area (Å²) < 4.78 is 12.9. The van der Waals surface area contributed by atoms with Crippen molar-refractivity contribution in [3.05, 3.63) is 65.9 Å². The number of aromatic nitrogens is 3. The molecule has 0 atom stereocenters. The first-order valence-corrected chi connectivity index (χ1v) is 14.6. The van der Waals surface area contributed by atoms with Crippen LogP contribution in [0.4, 0.5) is 11.5 Å². The Morgan fingerprint density at radius 2 is 1.77 bits per heavy atom. The van der Waals surface area contributed by atoms with Crippen LogP contribution in [-0.4, -0.2) is 78.2 Å². The van der Waals surface area contributed by atoms with Crippen LogP contribution in [0.5, 0.6) is 11.5 Å². The van der Waals surface area contributed by atoms with Crippen molar-refractivity contribution in [2.75, 3.05) is 58.8 Å². The van der Waals surface area contributed by atoms with Crippen molar-refractivity contribution in [2.45, 2.75) is 6.42 Å². The molecule has 1 fully saturated rings. The zero-order chi connectivity index (χ0) is 27.5. The molecule has 1 saturated heterocycles. The molecule has 0 spiro atoms. The van der Waals surface area contributed by atoms with E-state index in [1.54, 1.807) is 24.8 Å². The molecule has 0 amide bonds. The fourth-order valence-corrected chi connectivity index (χ4v) is 6.08. The molecule has 2 aromatic heterocycles. The van der Waals surface area contributed by atoms with Crippen LogP contribution in [0.3, 0.4) is 0 Å². The number of ether oxygens (including phenoxy) is 2. The maximum atomic E-state index is 6.14. The quantitative estimate of drug-likeness (QED) is 0.205. The van der Waals surface area contributed by atoms with E-state index in [4.69, 9.17) is 26.1 Å². The van der Waals surface area contributed by atoms with Crippen LogP contribution < -0.4 is 14.8 Å². The Hall–Kier alpha value is -3.50. The lowest BCUT2D eigenvalue weighted by Gasteiger charge is -2.32. The van der Waals surface area contributed by atoms with Gasteiger partial charge < -0.3 is 24.6 Å². The minimum Gasteiger partial charge on any atom is -0.493 e. The smallest absolute Gasteiger partial charge is 0.163 e. The molecule has 6 rings (SSSR count). The average Bonchev–Trinajstić information content (AvgIpc) is 3.39. The van der Waals surface area contributed by atoms with Crippen molar-refractivity contribution in [1.29, 1.82) is 0 Å². The number of hydrogen-bond acceptors (Lipinski definition) is 9. The van der Waals surface area contributed by atoms with Crippen LogP contribution in [0.1, 0.15) is 6.42 Å². The van der Waals surface area contributed by atoms with Gasteiger partial charge in [-0.25, -0.2) is 15.0 Å². The normalized spacial score (nSPS) is 14.6. The number of thiazole rings is 1. The molecule has 40 heavy (non-hydrogen) atoms. The highest BCUT2D eigenvalue weighted by Gasteiger charge is 2.15. The van der Waals surface area contributed by atoms with E-state index in [2.05, 4.69) is 44.3 Å². The second kappa shape index (κ2) is 11.9. The number of hydrogen-bond donors (Lipinski definition) is 1. The van der Waals surface area contributed by atoms with E-state index in [-0.39, 0.29) is 0 Å². The number of nitrogens with zero attached hydrogens (tertiary/aromatic N) is 5. The summed E-state index contributed by atoms with van der Waals surface area (Å²) in [5.74, 6) is 2.06. The summed E-state index contributed by atoms with van der Waals surface area (Å²) >= 11 is 7.77. The van der Waals surface area contributed by atoms with Gasteiger partial charge in [0.2, 0.25) is 0 Å². The molecule has 1 aliphatic rings. The van der Waals surface area contributed by atoms with Crippen LogP contribution in [0.25, 0.3) is 31.7 Å². The Kier molecular flexibility index (Phi) is 7.97. The van der Waals surface area contributed by atoms with Crippen molar-refractivity contribution in [3.8, 4) is 22.1 Å². The van der Waals surface area contributed by atoms with E-state index in [1.807, 2.05) is 42.5 Å². The zero-order valence-electron chi connectivity index (χ0n) is 22.6. The van der Waals surface area contributed by atoms with Gasteiger partial charge in [-0.2, -0.15) is 0 Å². The van der Waals surface area contributed by atoms with Gasteiger partial charge in [-0.1, -0.05) is 11.6 Å². The first-order chi connectivity index (χ1) is 19.6. The predicted molar refractivity (Wildman–Crippen MR) is 163 cm³/mol. The fourth-order valence-electron chi connectivity index (χ4n) is 4.83. The van der Waals surface area contributed by atoms with Gasteiger partial charge in [-0.05, 0) is 62.0 Å². The van der Waals surface area contributed by atoms with E-state index in [0.717, 1.165) is 81.5 Å². The number of methoxy groups -OCH3 is 1. The van der Waals surface area contributed by atoms with Crippen molar-refractivity contribution < 1.29 is 9.47 Å². The van der Waals surface area contributed by atoms with Gasteiger partial charge in [0.15, 0.2) is 11.5 Å². The topological polar surface area (TPSA) is 75.6 Å². The van der Waals surface area contributed by atoms with Crippen LogP contribution in [0.2, 0.25) is 5.02 Å². The van der Waals surface area contributed by atoms with E-state index in [9.17, 15) is 0 Å². The Morgan fingerprint density at radius 3 is 2.58 bits per heavy atom. The maximum Gasteiger partial charge on any atom is 0.163 e. The Labute approximate surface area is 242 Å². The van der Waals surface area contributed by atoms with Crippen LogP contribution in [0.15, 0.2) is 60.9 Å². The van der Waals surface area contributed by atoms with Crippen molar-refractivity contribution in [3.63, 3.8) is 0 Å². The SMILES string of the molecule is COc1cc2c(Nc3ccc(-c4nc5ccc(Cl)cc5s4)cc3)ncnc2cc1OCCCN1CCN(C)CC1. The largest absolute Gasteiger partial charge is 0.493 e. The van der Waals surface area contributed by atoms with Gasteiger partial charge in [0, 0.05) is 60.4 Å². The highest BCUT2D eigenvalue weighted by Crippen LogP contribution is 2.36. The number of anilines is 2. The number of nitrogens with one attached hydrogen (secondary N) is 1. The second-order valence-electron chi connectivity index (χ2n) is 9.92. The molecule has 1 N–H and O–H groups in total. The maximum absolute atomic E-state index is 6.14. The molecule has 0 bridgehead atoms. The summed E-state index contributed by atoms with van der Waals surface area (Å²) in [5.41, 5.74) is 3.70. The van der Waals surface area contributed by atoms with Crippen molar-refractivity contribution in [1.82, 2.24) is 24.8 Å². The van der Waals surface area contributed by atoms with Gasteiger partial charge in [0.1, 0.15) is 17.2 Å². The summed E-state index contributed by atoms with van der Waals surface area (Å²) in [6.45, 7) is 6.13. The third-order valence-electron chi connectivity index (χ3n) is 7.14. The number of rotatable bonds is 9. The molecule has 5 aromatic rings. The van der Waals surface area contributed by atoms with Gasteiger partial charge in [-0.3, -0.25) is 0 Å². The number of likely N-dealkylation sites (N-methyl/N-ethyl adjacent to an activating group) is 1. The molecule has 0 aliphatic carbocycles. The third-order valence-corrected chi connectivity index (χ3v) is 8.44. The standard InChI is InChI=1S/C30H31ClN6O2S/c1-36-11-13-37(14-12-36)10-3-15-39-27-18-25-23(17-26(27)38-2)29(33-19-32-25)34-22-7-4-20(5-8-22)30-35-24-9-6-21(31)16-28(24)40-30/h4-9,16-19H,3,10-15H2,1-2H3,(H,32,33,34). The second-order valence-corrected chi connectivity index (χ2v) is 11.4. The first-order valence-electron chi connectivity index (χ1n) is 13.4. The molecule has 0 saturated carbocycles. The first kappa shape index (κ1) is 26.7. The molecular weight excluding hydrogens is 544 g/mol. The number of fused-ring (bicyclic) bond motifs is 2. The molecule has 3 aromatic carbocycles. The lowest BCUT2D eigenvalue weighted by Crippen LogP contribution is -2.44. The van der Waals surface area contributed by atoms with E-state index >= 15 is 0 Å². The molecule has 8 nitrogen and oxygen atoms in total. The minimum absolute atomic E-state index is 0.623. The number of benzene rings is 3. The monoisotopic (exact) mass is 574 g/mol. The summed E-state index contributed by atoms with van der Waals surface area (Å²) in [5, 5.41) is 5.96. The van der Waals surface area contributed by atoms with E-state index < -0.39 is 0 Å². The molecule has 0 unspecified atom stereocenters. The van der Waals surface area contributed by atoms with Gasteiger partial charge in [0.05, 0.1) is 29.5 Å². The van der Waals surface area contributed by atoms with Crippen molar-refractivity contribution in [2.24, 2.45) is 0 Å². The molecule has 0 radical (unpaired) electrons. The summed E-state index contributed by atoms with van der Waals surface area (Å²) in [6, 6.07) is 17.8. The lowest BCUT2D eigenvalue weighted by molar-refractivity contribution is 0.145. The van der Waals surface area contributed by atoms with Crippen molar-refractivity contribution >= 4 is 55.6 Å². The number of halogens is 1. The molecule has 10 heteroatoms. The molecule has 1 aliphatic heterocycles. The van der Waals surface area contributed by atoms with E-state index in [0.29, 0.717) is 23.9 Å². The van der Waals surface area contributed by atoms with Gasteiger partial charge in [0.25, 0.3) is 0 Å². The summed E-state index contributed by atoms with van der Waals surface area (Å²) in [6.07, 6.45) is 2.52. The van der Waals surface area contributed by atoms with Gasteiger partial charge in [-0.15, -0.1) is 11.3 Å². The Morgan fingerprint density at radius 1 is 0.950 bits per heavy atom. The lowest BCUT2D eigenvalue weighted by atomic mass is 10.2. The highest BCUT2D eigenvalue weighted by molar-refractivity contribution is 7.21. The van der Waals surface area contributed by atoms with Crippen LogP contribution in [-0.2, 0) is 0 Å². The third kappa shape index (κ3) is 5.97. The summed E-state index contributed by atoms with van der Waals surface area (Å²) in [4.78, 5) is 18.6. The highest BCUT2D eigenvalue weighted by atomic mass is 35.5. The number of piperazine rings is 1. The van der Waals surface area contributed by atoms with Gasteiger partial charge >= 0.3 is 0 Å². The zero-order valence-corrected chi connectivity index (χ0v) is 24.1. The average molecular weight is 575 g/mol. The van der Waals surface area contributed by atoms with Crippen LogP contribution in [0, 0.1) is 0 Å². The molecular formula is C30H31ClN6O2S. The summed E-state index contributed by atoms with van der Waals surface area (Å²) in [7, 11) is 3.83.